The van der Waals surface area contributed by atoms with Crippen molar-refractivity contribution in [1.29, 1.82) is 0 Å². The molecule has 0 aromatic carbocycles. The van der Waals surface area contributed by atoms with Crippen LogP contribution in [0, 0.1) is 33.8 Å². The summed E-state index contributed by atoms with van der Waals surface area (Å²) in [6.45, 7) is 20.7. The van der Waals surface area contributed by atoms with E-state index >= 15 is 0 Å². The first-order chi connectivity index (χ1) is 13.0. The average molecular weight is 506 g/mol. The molecule has 0 aromatic heterocycles. The minimum atomic E-state index is -1.93. The van der Waals surface area contributed by atoms with E-state index in [1.54, 1.807) is 0 Å². The van der Waals surface area contributed by atoms with E-state index in [0.29, 0.717) is 0 Å². The van der Waals surface area contributed by atoms with E-state index in [1.807, 2.05) is 0 Å². The van der Waals surface area contributed by atoms with Crippen molar-refractivity contribution in [3.05, 3.63) is 24.3 Å². The van der Waals surface area contributed by atoms with Crippen LogP contribution >= 0.6 is 15.9 Å². The van der Waals surface area contributed by atoms with Crippen LogP contribution in [0.3, 0.4) is 0 Å². The van der Waals surface area contributed by atoms with Gasteiger partial charge in [0.15, 0.2) is 13.9 Å². The third-order valence-corrected chi connectivity index (χ3v) is 10.8. The summed E-state index contributed by atoms with van der Waals surface area (Å²) < 4.78 is 6.81. The van der Waals surface area contributed by atoms with Gasteiger partial charge in [0, 0.05) is 10.8 Å². The molecule has 1 nitrogen and oxygen atoms in total. The van der Waals surface area contributed by atoms with Crippen LogP contribution < -0.4 is 0 Å². The van der Waals surface area contributed by atoms with Crippen LogP contribution in [0.4, 0.5) is 0 Å². The molecule has 158 valence electrons. The van der Waals surface area contributed by atoms with Gasteiger partial charge in [-0.15, -0.1) is 11.1 Å². The summed E-state index contributed by atoms with van der Waals surface area (Å²) in [6.07, 6.45) is 12.9. The van der Waals surface area contributed by atoms with E-state index < -0.39 is 30.1 Å². The molecule has 0 amide bonds. The van der Waals surface area contributed by atoms with Crippen LogP contribution in [0.15, 0.2) is 24.3 Å². The first-order valence-corrected chi connectivity index (χ1v) is 22.1. The molecule has 3 aliphatic carbocycles. The monoisotopic (exact) mass is 504 g/mol. The van der Waals surface area contributed by atoms with Crippen molar-refractivity contribution in [2.45, 2.75) is 88.1 Å². The highest BCUT2D eigenvalue weighted by Crippen LogP contribution is 2.88. The summed E-state index contributed by atoms with van der Waals surface area (Å²) in [6, 6.07) is 0. The number of rotatable bonds is 3. The molecule has 0 heterocycles. The van der Waals surface area contributed by atoms with Crippen molar-refractivity contribution < 1.29 is 4.43 Å². The SMILES string of the molecule is C[Si](C)(C)C#CC(C#C[Si](C)(C)C)(O[Si](C)(C)C)C1(Br)C23C=CC=CC21CCC3. The lowest BCUT2D eigenvalue weighted by molar-refractivity contribution is 0.151. The molecule has 0 radical (unpaired) electrons. The minimum Gasteiger partial charge on any atom is -0.391 e. The maximum Gasteiger partial charge on any atom is 0.197 e. The Bertz CT molecular complexity index is 818. The molecule has 0 N–H and O–H groups in total. The Hall–Kier alpha value is -0.309. The third-order valence-electron chi connectivity index (χ3n) is 6.15. The van der Waals surface area contributed by atoms with Gasteiger partial charge in [-0.1, -0.05) is 97.8 Å². The number of alkyl halides is 1. The predicted octanol–water partition coefficient (Wildman–Crippen LogP) is 6.77. The van der Waals surface area contributed by atoms with Crippen LogP contribution in [0.2, 0.25) is 58.9 Å². The molecule has 5 heteroatoms. The molecule has 3 aliphatic rings. The van der Waals surface area contributed by atoms with Crippen LogP contribution in [0.5, 0.6) is 0 Å². The van der Waals surface area contributed by atoms with Crippen molar-refractivity contribution in [3.8, 4) is 22.9 Å². The fourth-order valence-corrected chi connectivity index (χ4v) is 9.21. The summed E-state index contributed by atoms with van der Waals surface area (Å²) in [5.74, 6) is 7.48. The van der Waals surface area contributed by atoms with E-state index in [0.717, 1.165) is 0 Å². The van der Waals surface area contributed by atoms with E-state index in [4.69, 9.17) is 4.43 Å². The Morgan fingerprint density at radius 3 is 1.55 bits per heavy atom. The first kappa shape index (κ1) is 23.4. The van der Waals surface area contributed by atoms with E-state index in [2.05, 4.69) is 122 Å². The van der Waals surface area contributed by atoms with E-state index in [9.17, 15) is 0 Å². The van der Waals surface area contributed by atoms with Gasteiger partial charge in [-0.2, -0.15) is 0 Å². The zero-order valence-corrected chi connectivity index (χ0v) is 24.3. The third kappa shape index (κ3) is 3.66. The fourth-order valence-electron chi connectivity index (χ4n) is 5.24. The van der Waals surface area contributed by atoms with Crippen molar-refractivity contribution in [2.75, 3.05) is 0 Å². The highest BCUT2D eigenvalue weighted by Gasteiger charge is 2.91. The quantitative estimate of drug-likeness (QED) is 0.234. The Morgan fingerprint density at radius 2 is 1.21 bits per heavy atom. The van der Waals surface area contributed by atoms with Gasteiger partial charge in [0.05, 0.1) is 4.32 Å². The fraction of sp³-hybridized carbons (Fsp3) is 0.667. The van der Waals surface area contributed by atoms with Gasteiger partial charge in [-0.05, 0) is 32.5 Å². The van der Waals surface area contributed by atoms with Gasteiger partial charge in [-0.25, -0.2) is 0 Å². The smallest absolute Gasteiger partial charge is 0.197 e. The predicted molar refractivity (Wildman–Crippen MR) is 138 cm³/mol. The lowest BCUT2D eigenvalue weighted by Gasteiger charge is -2.40. The summed E-state index contributed by atoms with van der Waals surface area (Å²) in [4.78, 5) is 0. The van der Waals surface area contributed by atoms with Crippen LogP contribution in [0.25, 0.3) is 0 Å². The highest BCUT2D eigenvalue weighted by atomic mass is 79.9. The molecule has 0 spiro atoms. The molecule has 2 fully saturated rings. The normalized spacial score (nSPS) is 33.2. The average Bonchev–Trinajstić information content (AvgIpc) is 2.85. The van der Waals surface area contributed by atoms with Crippen LogP contribution in [0.1, 0.15) is 19.3 Å². The Labute approximate surface area is 190 Å². The zero-order valence-electron chi connectivity index (χ0n) is 19.7. The summed E-state index contributed by atoms with van der Waals surface area (Å²) in [7, 11) is -5.12. The van der Waals surface area contributed by atoms with E-state index in [-0.39, 0.29) is 15.2 Å². The molecule has 29 heavy (non-hydrogen) atoms. The van der Waals surface area contributed by atoms with Crippen molar-refractivity contribution in [1.82, 2.24) is 0 Å². The molecule has 0 aromatic rings. The van der Waals surface area contributed by atoms with Crippen LogP contribution in [-0.4, -0.2) is 34.4 Å². The molecule has 0 aliphatic heterocycles. The largest absolute Gasteiger partial charge is 0.391 e. The van der Waals surface area contributed by atoms with Gasteiger partial charge < -0.3 is 4.43 Å². The Morgan fingerprint density at radius 1 is 0.793 bits per heavy atom. The molecular formula is C24H37BrOSi3. The standard InChI is InChI=1S/C24H37BrOSi3/c1-27(2,3)19-17-23(26-29(7,8)9,18-20-28(4,5)6)24(25)21-13-10-11-14-22(21,24)16-12-15-21/h10-11,13-14H,12,15-16H2,1-9H3. The summed E-state index contributed by atoms with van der Waals surface area (Å²) in [5, 5.41) is 0. The topological polar surface area (TPSA) is 9.23 Å². The Balaban J connectivity index is 2.30. The molecule has 0 saturated heterocycles. The highest BCUT2D eigenvalue weighted by molar-refractivity contribution is 9.10. The first-order valence-electron chi connectivity index (χ1n) is 10.9. The maximum absolute atomic E-state index is 7.08. The molecule has 2 unspecified atom stereocenters. The number of hydrogen-bond donors (Lipinski definition) is 0. The zero-order chi connectivity index (χ0) is 22.0. The van der Waals surface area contributed by atoms with Gasteiger partial charge in [0.25, 0.3) is 0 Å². The van der Waals surface area contributed by atoms with E-state index in [1.165, 1.54) is 19.3 Å². The second-order valence-electron chi connectivity index (χ2n) is 12.1. The van der Waals surface area contributed by atoms with Gasteiger partial charge in [-0.3, -0.25) is 0 Å². The van der Waals surface area contributed by atoms with Crippen molar-refractivity contribution >= 4 is 40.4 Å². The van der Waals surface area contributed by atoms with Crippen molar-refractivity contribution in [3.63, 3.8) is 0 Å². The molecule has 3 rings (SSSR count). The number of allylic oxidation sites excluding steroid dienone is 4. The summed E-state index contributed by atoms with van der Waals surface area (Å²) in [5.41, 5.74) is 6.73. The van der Waals surface area contributed by atoms with Crippen molar-refractivity contribution in [2.24, 2.45) is 10.8 Å². The van der Waals surface area contributed by atoms with Crippen LogP contribution in [-0.2, 0) is 4.43 Å². The van der Waals surface area contributed by atoms with Gasteiger partial charge in [0.1, 0.15) is 16.1 Å². The summed E-state index contributed by atoms with van der Waals surface area (Å²) >= 11 is 4.34. The number of halogens is 1. The maximum atomic E-state index is 7.08. The lowest BCUT2D eigenvalue weighted by atomic mass is 9.87. The lowest BCUT2D eigenvalue weighted by Crippen LogP contribution is -2.52. The molecular weight excluding hydrogens is 468 g/mol. The number of hydrogen-bond acceptors (Lipinski definition) is 1. The molecule has 2 atom stereocenters. The second kappa shape index (κ2) is 6.84. The van der Waals surface area contributed by atoms with Gasteiger partial charge in [0.2, 0.25) is 0 Å². The minimum absolute atomic E-state index is 0.0661. The Kier molecular flexibility index (Phi) is 5.51. The molecule has 0 bridgehead atoms. The second-order valence-corrected chi connectivity index (χ2v) is 27.2. The molecule has 2 saturated carbocycles. The van der Waals surface area contributed by atoms with Gasteiger partial charge >= 0.3 is 0 Å².